The number of imidazole rings is 1. The molecular weight excluding hydrogens is 366 g/mol. The minimum Gasteiger partial charge on any atom is -0.493 e. The molecule has 1 saturated heterocycles. The number of hydrogen-bond donors (Lipinski definition) is 1. The molecule has 0 bridgehead atoms. The van der Waals surface area contributed by atoms with Crippen LogP contribution in [0.5, 0.6) is 5.75 Å². The predicted molar refractivity (Wildman–Crippen MR) is 102 cm³/mol. The zero-order chi connectivity index (χ0) is 19.4. The van der Waals surface area contributed by atoms with Crippen molar-refractivity contribution in [3.8, 4) is 5.75 Å². The average molecular weight is 391 g/mol. The third-order valence-electron chi connectivity index (χ3n) is 4.58. The van der Waals surface area contributed by atoms with Crippen molar-refractivity contribution < 1.29 is 17.9 Å². The monoisotopic (exact) mass is 391 g/mol. The van der Waals surface area contributed by atoms with E-state index in [0.717, 1.165) is 5.82 Å². The molecule has 1 aromatic heterocycles. The van der Waals surface area contributed by atoms with Gasteiger partial charge in [0.2, 0.25) is 5.91 Å². The van der Waals surface area contributed by atoms with Gasteiger partial charge in [0.1, 0.15) is 11.6 Å². The number of hydrogen-bond acceptors (Lipinski definition) is 5. The Hall–Kier alpha value is -2.35. The Balaban J connectivity index is 1.63. The molecule has 0 unspecified atom stereocenters. The first-order valence-corrected chi connectivity index (χ1v) is 10.9. The van der Waals surface area contributed by atoms with Gasteiger partial charge in [0, 0.05) is 18.3 Å². The third-order valence-corrected chi connectivity index (χ3v) is 6.30. The van der Waals surface area contributed by atoms with Crippen LogP contribution in [-0.4, -0.2) is 48.0 Å². The van der Waals surface area contributed by atoms with Crippen molar-refractivity contribution in [2.45, 2.75) is 38.3 Å². The highest BCUT2D eigenvalue weighted by atomic mass is 32.2. The van der Waals surface area contributed by atoms with Crippen molar-refractivity contribution in [3.05, 3.63) is 48.5 Å². The van der Waals surface area contributed by atoms with Crippen molar-refractivity contribution in [1.29, 1.82) is 0 Å². The molecule has 8 heteroatoms. The zero-order valence-electron chi connectivity index (χ0n) is 15.5. The second kappa shape index (κ2) is 8.12. The van der Waals surface area contributed by atoms with E-state index < -0.39 is 15.9 Å². The van der Waals surface area contributed by atoms with E-state index in [1.165, 1.54) is 0 Å². The Labute approximate surface area is 159 Å². The van der Waals surface area contributed by atoms with Crippen LogP contribution >= 0.6 is 0 Å². The molecule has 1 aliphatic rings. The summed E-state index contributed by atoms with van der Waals surface area (Å²) in [6, 6.07) is 8.46. The molecule has 0 aliphatic carbocycles. The lowest BCUT2D eigenvalue weighted by Crippen LogP contribution is -2.41. The van der Waals surface area contributed by atoms with Crippen LogP contribution in [0.2, 0.25) is 0 Å². The van der Waals surface area contributed by atoms with E-state index in [2.05, 4.69) is 10.3 Å². The van der Waals surface area contributed by atoms with Gasteiger partial charge in [0.25, 0.3) is 0 Å². The highest BCUT2D eigenvalue weighted by molar-refractivity contribution is 7.91. The fraction of sp³-hybridized carbons (Fsp3) is 0.474. The molecule has 27 heavy (non-hydrogen) atoms. The van der Waals surface area contributed by atoms with E-state index in [9.17, 15) is 13.2 Å². The van der Waals surface area contributed by atoms with Gasteiger partial charge in [-0.25, -0.2) is 13.4 Å². The summed E-state index contributed by atoms with van der Waals surface area (Å²) in [5.74, 6) is 1.42. The lowest BCUT2D eigenvalue weighted by atomic mass is 10.1. The van der Waals surface area contributed by atoms with E-state index in [0.29, 0.717) is 5.75 Å². The normalized spacial score (nSPS) is 21.3. The molecule has 146 valence electrons. The first kappa shape index (κ1) is 19.4. The minimum absolute atomic E-state index is 0.00847. The second-order valence-corrected chi connectivity index (χ2v) is 9.23. The number of carbonyl (C=O) groups is 1. The molecule has 1 amide bonds. The zero-order valence-corrected chi connectivity index (χ0v) is 16.4. The summed E-state index contributed by atoms with van der Waals surface area (Å²) in [6.45, 7) is 4.26. The topological polar surface area (TPSA) is 90.3 Å². The van der Waals surface area contributed by atoms with E-state index in [1.54, 1.807) is 12.4 Å². The Kier molecular flexibility index (Phi) is 5.84. The molecule has 3 rings (SSSR count). The SMILES string of the molecule is CC(C)c1nccn1[C@@H]1CS(=O)(=O)C[C@H]1NC(=O)CCOc1ccccc1. The predicted octanol–water partition coefficient (Wildman–Crippen LogP) is 1.93. The number of amides is 1. The van der Waals surface area contributed by atoms with E-state index >= 15 is 0 Å². The van der Waals surface area contributed by atoms with Crippen LogP contribution in [0.25, 0.3) is 0 Å². The standard InChI is InChI=1S/C19H25N3O4S/c1-14(2)19-20-9-10-22(19)17-13-27(24,25)12-16(17)21-18(23)8-11-26-15-6-4-3-5-7-15/h3-7,9-10,14,16-17H,8,11-13H2,1-2H3,(H,21,23)/t16-,17-/m1/s1. The van der Waals surface area contributed by atoms with Crippen molar-refractivity contribution in [3.63, 3.8) is 0 Å². The summed E-state index contributed by atoms with van der Waals surface area (Å²) in [4.78, 5) is 16.7. The fourth-order valence-electron chi connectivity index (χ4n) is 3.35. The molecule has 1 aliphatic heterocycles. The molecule has 0 spiro atoms. The molecular formula is C19H25N3O4S. The molecule has 1 aromatic carbocycles. The third kappa shape index (κ3) is 4.88. The summed E-state index contributed by atoms with van der Waals surface area (Å²) < 4.78 is 31.8. The van der Waals surface area contributed by atoms with Crippen LogP contribution in [0, 0.1) is 0 Å². The average Bonchev–Trinajstić information content (AvgIpc) is 3.20. The summed E-state index contributed by atoms with van der Waals surface area (Å²) in [6.07, 6.45) is 3.63. The highest BCUT2D eigenvalue weighted by Crippen LogP contribution is 2.28. The number of para-hydroxylation sites is 1. The fourth-order valence-corrected chi connectivity index (χ4v) is 5.25. The largest absolute Gasteiger partial charge is 0.493 e. The second-order valence-electron chi connectivity index (χ2n) is 7.08. The number of nitrogens with zero attached hydrogens (tertiary/aromatic N) is 2. The van der Waals surface area contributed by atoms with Crippen molar-refractivity contribution in [2.75, 3.05) is 18.1 Å². The smallest absolute Gasteiger partial charge is 0.223 e. The Morgan fingerprint density at radius 2 is 2.04 bits per heavy atom. The number of nitrogens with one attached hydrogen (secondary N) is 1. The number of carbonyl (C=O) groups excluding carboxylic acids is 1. The van der Waals surface area contributed by atoms with Gasteiger partial charge in [0.15, 0.2) is 9.84 Å². The quantitative estimate of drug-likeness (QED) is 0.779. The number of sulfone groups is 1. The molecule has 0 saturated carbocycles. The van der Waals surface area contributed by atoms with Crippen LogP contribution in [0.3, 0.4) is 0 Å². The van der Waals surface area contributed by atoms with E-state index in [-0.39, 0.29) is 42.4 Å². The van der Waals surface area contributed by atoms with Crippen LogP contribution < -0.4 is 10.1 Å². The van der Waals surface area contributed by atoms with E-state index in [4.69, 9.17) is 4.74 Å². The van der Waals surface area contributed by atoms with Gasteiger partial charge in [-0.15, -0.1) is 0 Å². The minimum atomic E-state index is -3.22. The first-order valence-electron chi connectivity index (χ1n) is 9.06. The van der Waals surface area contributed by atoms with E-state index in [1.807, 2.05) is 48.7 Å². The summed E-state index contributed by atoms with van der Waals surface area (Å²) in [5.41, 5.74) is 0. The van der Waals surface area contributed by atoms with Gasteiger partial charge in [0.05, 0.1) is 36.6 Å². The molecule has 1 fully saturated rings. The maximum atomic E-state index is 12.3. The molecule has 2 heterocycles. The summed E-state index contributed by atoms with van der Waals surface area (Å²) in [7, 11) is -3.22. The van der Waals surface area contributed by atoms with Gasteiger partial charge in [-0.2, -0.15) is 0 Å². The molecule has 2 aromatic rings. The van der Waals surface area contributed by atoms with Gasteiger partial charge < -0.3 is 14.6 Å². The van der Waals surface area contributed by atoms with Crippen molar-refractivity contribution in [2.24, 2.45) is 0 Å². The number of ether oxygens (including phenoxy) is 1. The van der Waals surface area contributed by atoms with Crippen LogP contribution in [0.15, 0.2) is 42.7 Å². The summed E-state index contributed by atoms with van der Waals surface area (Å²) in [5, 5.41) is 2.88. The Morgan fingerprint density at radius 3 is 2.74 bits per heavy atom. The maximum absolute atomic E-state index is 12.3. The van der Waals surface area contributed by atoms with Crippen LogP contribution in [0.1, 0.15) is 38.1 Å². The van der Waals surface area contributed by atoms with Gasteiger partial charge >= 0.3 is 0 Å². The Bertz CT molecular complexity index is 877. The van der Waals surface area contributed by atoms with Crippen LogP contribution in [-0.2, 0) is 14.6 Å². The highest BCUT2D eigenvalue weighted by Gasteiger charge is 2.40. The maximum Gasteiger partial charge on any atom is 0.223 e. The number of aromatic nitrogens is 2. The molecule has 1 N–H and O–H groups in total. The van der Waals surface area contributed by atoms with Crippen molar-refractivity contribution >= 4 is 15.7 Å². The Morgan fingerprint density at radius 1 is 1.30 bits per heavy atom. The van der Waals surface area contributed by atoms with Crippen LogP contribution in [0.4, 0.5) is 0 Å². The lowest BCUT2D eigenvalue weighted by Gasteiger charge is -2.23. The first-order chi connectivity index (χ1) is 12.9. The molecule has 2 atom stereocenters. The van der Waals surface area contributed by atoms with Gasteiger partial charge in [-0.3, -0.25) is 4.79 Å². The lowest BCUT2D eigenvalue weighted by molar-refractivity contribution is -0.122. The van der Waals surface area contributed by atoms with Gasteiger partial charge in [-0.1, -0.05) is 32.0 Å². The number of benzene rings is 1. The van der Waals surface area contributed by atoms with Crippen molar-refractivity contribution in [1.82, 2.24) is 14.9 Å². The summed E-state index contributed by atoms with van der Waals surface area (Å²) >= 11 is 0. The number of rotatable bonds is 7. The molecule has 0 radical (unpaired) electrons. The van der Waals surface area contributed by atoms with Gasteiger partial charge in [-0.05, 0) is 12.1 Å². The molecule has 7 nitrogen and oxygen atoms in total.